The number of allylic oxidation sites excluding steroid dienone is 1. The molecule has 94 valence electrons. The summed E-state index contributed by atoms with van der Waals surface area (Å²) in [7, 11) is 0. The van der Waals surface area contributed by atoms with Crippen LogP contribution in [0, 0.1) is 0 Å². The molecule has 1 unspecified atom stereocenters. The Hall–Kier alpha value is -2.10. The fourth-order valence-electron chi connectivity index (χ4n) is 2.30. The highest BCUT2D eigenvalue weighted by Crippen LogP contribution is 2.32. The molecule has 1 atom stereocenters. The van der Waals surface area contributed by atoms with Crippen molar-refractivity contribution in [1.82, 2.24) is 5.32 Å². The molecule has 1 aliphatic rings. The number of rotatable bonds is 3. The highest BCUT2D eigenvalue weighted by atomic mass is 16.4. The van der Waals surface area contributed by atoms with Gasteiger partial charge in [0.2, 0.25) is 0 Å². The van der Waals surface area contributed by atoms with E-state index in [0.717, 1.165) is 17.4 Å². The van der Waals surface area contributed by atoms with Crippen molar-refractivity contribution in [3.05, 3.63) is 40.6 Å². The predicted octanol–water partition coefficient (Wildman–Crippen LogP) is 1.91. The maximum atomic E-state index is 11.4. The van der Waals surface area contributed by atoms with Crippen LogP contribution in [0.4, 0.5) is 0 Å². The summed E-state index contributed by atoms with van der Waals surface area (Å²) in [6.45, 7) is 4.12. The standard InChI is InChI=1S/C14H15NO3/c1-8(7-16)11-5-3-4-10-6-15-9(2)12(13(10)11)14(17)18/h3-5,7-8,15H,6H2,1-2H3,(H,17,18). The Morgan fingerprint density at radius 2 is 2.22 bits per heavy atom. The third kappa shape index (κ3) is 1.90. The van der Waals surface area contributed by atoms with Gasteiger partial charge in [-0.05, 0) is 23.6 Å². The Morgan fingerprint density at radius 3 is 2.83 bits per heavy atom. The highest BCUT2D eigenvalue weighted by Gasteiger charge is 2.26. The van der Waals surface area contributed by atoms with Crippen molar-refractivity contribution in [3.63, 3.8) is 0 Å². The quantitative estimate of drug-likeness (QED) is 0.798. The van der Waals surface area contributed by atoms with Gasteiger partial charge in [-0.2, -0.15) is 0 Å². The summed E-state index contributed by atoms with van der Waals surface area (Å²) in [5.74, 6) is -1.27. The van der Waals surface area contributed by atoms with Gasteiger partial charge in [-0.25, -0.2) is 4.79 Å². The molecule has 1 aromatic carbocycles. The molecule has 2 rings (SSSR count). The van der Waals surface area contributed by atoms with E-state index in [1.165, 1.54) is 0 Å². The molecule has 0 amide bonds. The lowest BCUT2D eigenvalue weighted by atomic mass is 9.86. The van der Waals surface area contributed by atoms with Gasteiger partial charge in [0.15, 0.2) is 0 Å². The average Bonchev–Trinajstić information content (AvgIpc) is 2.36. The molecular weight excluding hydrogens is 230 g/mol. The summed E-state index contributed by atoms with van der Waals surface area (Å²) in [6.07, 6.45) is 0.840. The van der Waals surface area contributed by atoms with Crippen LogP contribution in [0.15, 0.2) is 23.9 Å². The minimum atomic E-state index is -0.966. The summed E-state index contributed by atoms with van der Waals surface area (Å²) in [4.78, 5) is 22.4. The van der Waals surface area contributed by atoms with Gasteiger partial charge in [0.25, 0.3) is 0 Å². The van der Waals surface area contributed by atoms with Gasteiger partial charge in [-0.1, -0.05) is 25.1 Å². The fourth-order valence-corrected chi connectivity index (χ4v) is 2.30. The third-order valence-electron chi connectivity index (χ3n) is 3.26. The Labute approximate surface area is 105 Å². The monoisotopic (exact) mass is 245 g/mol. The molecular formula is C14H15NO3. The van der Waals surface area contributed by atoms with Crippen LogP contribution in [0.3, 0.4) is 0 Å². The van der Waals surface area contributed by atoms with Gasteiger partial charge in [0.1, 0.15) is 6.29 Å². The van der Waals surface area contributed by atoms with E-state index in [4.69, 9.17) is 0 Å². The minimum absolute atomic E-state index is 0.264. The summed E-state index contributed by atoms with van der Waals surface area (Å²) in [5.41, 5.74) is 3.30. The lowest BCUT2D eigenvalue weighted by Gasteiger charge is -2.24. The normalized spacial score (nSPS) is 15.7. The Morgan fingerprint density at radius 1 is 1.50 bits per heavy atom. The number of benzene rings is 1. The largest absolute Gasteiger partial charge is 0.478 e. The van der Waals surface area contributed by atoms with Crippen LogP contribution >= 0.6 is 0 Å². The number of nitrogens with one attached hydrogen (secondary N) is 1. The molecule has 4 heteroatoms. The molecule has 4 nitrogen and oxygen atoms in total. The highest BCUT2D eigenvalue weighted by molar-refractivity contribution is 6.17. The first kappa shape index (κ1) is 12.4. The zero-order valence-electron chi connectivity index (χ0n) is 10.4. The summed E-state index contributed by atoms with van der Waals surface area (Å²) < 4.78 is 0. The Bertz CT molecular complexity index is 546. The van der Waals surface area contributed by atoms with Gasteiger partial charge in [-0.3, -0.25) is 0 Å². The van der Waals surface area contributed by atoms with Gasteiger partial charge in [-0.15, -0.1) is 0 Å². The molecule has 0 radical (unpaired) electrons. The van der Waals surface area contributed by atoms with Crippen molar-refractivity contribution in [2.45, 2.75) is 26.3 Å². The van der Waals surface area contributed by atoms with Crippen molar-refractivity contribution in [3.8, 4) is 0 Å². The zero-order valence-corrected chi connectivity index (χ0v) is 10.4. The van der Waals surface area contributed by atoms with E-state index >= 15 is 0 Å². The second kappa shape index (κ2) is 4.64. The minimum Gasteiger partial charge on any atom is -0.478 e. The SMILES string of the molecule is CC1=C(C(=O)O)c2c(cccc2C(C)C=O)CN1. The second-order valence-corrected chi connectivity index (χ2v) is 4.46. The summed E-state index contributed by atoms with van der Waals surface area (Å²) >= 11 is 0. The van der Waals surface area contributed by atoms with Crippen LogP contribution in [-0.2, 0) is 16.1 Å². The Balaban J connectivity index is 2.71. The Kier molecular flexibility index (Phi) is 3.19. The van der Waals surface area contributed by atoms with Crippen LogP contribution in [0.5, 0.6) is 0 Å². The van der Waals surface area contributed by atoms with E-state index in [-0.39, 0.29) is 11.5 Å². The predicted molar refractivity (Wildman–Crippen MR) is 68.0 cm³/mol. The van der Waals surface area contributed by atoms with Gasteiger partial charge >= 0.3 is 5.97 Å². The molecule has 0 spiro atoms. The molecule has 1 heterocycles. The first-order valence-electron chi connectivity index (χ1n) is 5.81. The van der Waals surface area contributed by atoms with Crippen molar-refractivity contribution in [2.75, 3.05) is 0 Å². The van der Waals surface area contributed by atoms with Crippen LogP contribution in [0.25, 0.3) is 5.57 Å². The molecule has 0 fully saturated rings. The maximum Gasteiger partial charge on any atom is 0.338 e. The number of aldehydes is 1. The van der Waals surface area contributed by atoms with Crippen LogP contribution < -0.4 is 5.32 Å². The van der Waals surface area contributed by atoms with Gasteiger partial charge < -0.3 is 15.2 Å². The lowest BCUT2D eigenvalue weighted by Crippen LogP contribution is -2.24. The number of carbonyl (C=O) groups is 2. The number of fused-ring (bicyclic) bond motifs is 1. The summed E-state index contributed by atoms with van der Waals surface area (Å²) in [6, 6.07) is 5.56. The number of carboxylic acid groups (broad SMARTS) is 1. The van der Waals surface area contributed by atoms with E-state index in [2.05, 4.69) is 5.32 Å². The molecule has 1 aromatic rings. The van der Waals surface area contributed by atoms with Crippen LogP contribution in [-0.4, -0.2) is 17.4 Å². The van der Waals surface area contributed by atoms with Gasteiger partial charge in [0, 0.05) is 18.2 Å². The molecule has 0 saturated carbocycles. The molecule has 0 aliphatic carbocycles. The van der Waals surface area contributed by atoms with E-state index < -0.39 is 5.97 Å². The molecule has 2 N–H and O–H groups in total. The first-order valence-corrected chi connectivity index (χ1v) is 5.81. The topological polar surface area (TPSA) is 66.4 Å². The van der Waals surface area contributed by atoms with E-state index in [1.807, 2.05) is 18.2 Å². The van der Waals surface area contributed by atoms with E-state index in [1.54, 1.807) is 13.8 Å². The van der Waals surface area contributed by atoms with Crippen molar-refractivity contribution in [1.29, 1.82) is 0 Å². The van der Waals surface area contributed by atoms with E-state index in [9.17, 15) is 14.7 Å². The summed E-state index contributed by atoms with van der Waals surface area (Å²) in [5, 5.41) is 12.4. The van der Waals surface area contributed by atoms with Crippen molar-refractivity contribution >= 4 is 17.8 Å². The number of carbonyl (C=O) groups excluding carboxylic acids is 1. The average molecular weight is 245 g/mol. The molecule has 18 heavy (non-hydrogen) atoms. The van der Waals surface area contributed by atoms with Crippen molar-refractivity contribution in [2.24, 2.45) is 0 Å². The number of hydrogen-bond donors (Lipinski definition) is 2. The van der Waals surface area contributed by atoms with Gasteiger partial charge in [0.05, 0.1) is 5.57 Å². The molecule has 1 aliphatic heterocycles. The van der Waals surface area contributed by atoms with E-state index in [0.29, 0.717) is 17.8 Å². The third-order valence-corrected chi connectivity index (χ3v) is 3.26. The fraction of sp³-hybridized carbons (Fsp3) is 0.286. The molecule has 0 saturated heterocycles. The van der Waals surface area contributed by atoms with Crippen molar-refractivity contribution < 1.29 is 14.7 Å². The first-order chi connectivity index (χ1) is 8.56. The zero-order chi connectivity index (χ0) is 13.3. The maximum absolute atomic E-state index is 11.4. The molecule has 0 bridgehead atoms. The smallest absolute Gasteiger partial charge is 0.338 e. The second-order valence-electron chi connectivity index (χ2n) is 4.46. The number of aliphatic carboxylic acids is 1. The van der Waals surface area contributed by atoms with Crippen LogP contribution in [0.1, 0.15) is 36.5 Å². The number of carboxylic acids is 1. The van der Waals surface area contributed by atoms with Crippen LogP contribution in [0.2, 0.25) is 0 Å². The lowest BCUT2D eigenvalue weighted by molar-refractivity contribution is -0.130. The number of hydrogen-bond acceptors (Lipinski definition) is 3. The molecule has 0 aromatic heterocycles.